The highest BCUT2D eigenvalue weighted by Gasteiger charge is 2.22. The SMILES string of the molecule is CCCN(CCC(=O)Nc1ncnc2[nH]cnc12)C(=O)OC(C)(C)C. The highest BCUT2D eigenvalue weighted by molar-refractivity contribution is 5.96. The summed E-state index contributed by atoms with van der Waals surface area (Å²) >= 11 is 0. The molecule has 0 aliphatic carbocycles. The zero-order chi connectivity index (χ0) is 18.4. The Hall–Kier alpha value is -2.71. The van der Waals surface area contributed by atoms with E-state index in [-0.39, 0.29) is 18.9 Å². The third kappa shape index (κ3) is 5.40. The normalized spacial score (nSPS) is 11.4. The lowest BCUT2D eigenvalue weighted by Crippen LogP contribution is -2.38. The van der Waals surface area contributed by atoms with Crippen LogP contribution in [0.5, 0.6) is 0 Å². The number of rotatable bonds is 6. The van der Waals surface area contributed by atoms with E-state index in [4.69, 9.17) is 4.74 Å². The van der Waals surface area contributed by atoms with E-state index in [1.807, 2.05) is 27.7 Å². The Morgan fingerprint density at radius 1 is 1.24 bits per heavy atom. The van der Waals surface area contributed by atoms with Crippen LogP contribution in [0.2, 0.25) is 0 Å². The lowest BCUT2D eigenvalue weighted by Gasteiger charge is -2.27. The molecule has 0 bridgehead atoms. The van der Waals surface area contributed by atoms with Crippen molar-refractivity contribution in [1.29, 1.82) is 0 Å². The van der Waals surface area contributed by atoms with Crippen molar-refractivity contribution in [3.63, 3.8) is 0 Å². The van der Waals surface area contributed by atoms with Gasteiger partial charge >= 0.3 is 6.09 Å². The number of fused-ring (bicyclic) bond motifs is 1. The van der Waals surface area contributed by atoms with Gasteiger partial charge in [-0.1, -0.05) is 6.92 Å². The molecule has 2 aromatic heterocycles. The van der Waals surface area contributed by atoms with Gasteiger partial charge < -0.3 is 19.9 Å². The maximum absolute atomic E-state index is 12.2. The second-order valence-corrected chi connectivity index (χ2v) is 6.59. The van der Waals surface area contributed by atoms with E-state index in [9.17, 15) is 9.59 Å². The Morgan fingerprint density at radius 3 is 2.68 bits per heavy atom. The molecule has 0 saturated carbocycles. The molecule has 0 aliphatic rings. The second-order valence-electron chi connectivity index (χ2n) is 6.59. The predicted octanol–water partition coefficient (Wildman–Crippen LogP) is 2.33. The largest absolute Gasteiger partial charge is 0.444 e. The molecular weight excluding hydrogens is 324 g/mol. The van der Waals surface area contributed by atoms with Gasteiger partial charge in [0.1, 0.15) is 11.9 Å². The first kappa shape index (κ1) is 18.6. The molecule has 2 N–H and O–H groups in total. The van der Waals surface area contributed by atoms with Gasteiger partial charge in [0.2, 0.25) is 5.91 Å². The molecule has 2 rings (SSSR count). The summed E-state index contributed by atoms with van der Waals surface area (Å²) in [5.74, 6) is 0.0863. The summed E-state index contributed by atoms with van der Waals surface area (Å²) in [5, 5.41) is 2.70. The number of nitrogens with one attached hydrogen (secondary N) is 2. The number of aromatic amines is 1. The molecule has 0 atom stereocenters. The molecule has 0 saturated heterocycles. The van der Waals surface area contributed by atoms with Crippen LogP contribution in [0.25, 0.3) is 11.2 Å². The number of nitrogens with zero attached hydrogens (tertiary/aromatic N) is 4. The summed E-state index contributed by atoms with van der Waals surface area (Å²) in [6.07, 6.45) is 3.33. The quantitative estimate of drug-likeness (QED) is 0.828. The fourth-order valence-electron chi connectivity index (χ4n) is 2.18. The number of anilines is 1. The Balaban J connectivity index is 1.94. The number of carbonyl (C=O) groups excluding carboxylic acids is 2. The van der Waals surface area contributed by atoms with Crippen LogP contribution in [-0.4, -0.2) is 55.5 Å². The first-order valence-corrected chi connectivity index (χ1v) is 8.22. The maximum Gasteiger partial charge on any atom is 0.410 e. The van der Waals surface area contributed by atoms with E-state index in [1.165, 1.54) is 17.6 Å². The zero-order valence-electron chi connectivity index (χ0n) is 15.0. The summed E-state index contributed by atoms with van der Waals surface area (Å²) in [5.41, 5.74) is 0.470. The third-order valence-corrected chi connectivity index (χ3v) is 3.23. The van der Waals surface area contributed by atoms with Crippen molar-refractivity contribution < 1.29 is 14.3 Å². The van der Waals surface area contributed by atoms with Gasteiger partial charge in [-0.05, 0) is 27.2 Å². The highest BCUT2D eigenvalue weighted by atomic mass is 16.6. The molecule has 136 valence electrons. The standard InChI is InChI=1S/C16H24N6O3/c1-5-7-22(15(24)25-16(2,3)4)8-6-11(23)21-14-12-13(18-9-17-12)19-10-20-14/h9-10H,5-8H2,1-4H3,(H2,17,18,19,20,21,23). The van der Waals surface area contributed by atoms with Gasteiger partial charge in [0.15, 0.2) is 17.0 Å². The van der Waals surface area contributed by atoms with Gasteiger partial charge in [-0.3, -0.25) is 4.79 Å². The van der Waals surface area contributed by atoms with Crippen LogP contribution in [-0.2, 0) is 9.53 Å². The Labute approximate surface area is 146 Å². The highest BCUT2D eigenvalue weighted by Crippen LogP contribution is 2.15. The molecule has 0 unspecified atom stereocenters. The van der Waals surface area contributed by atoms with E-state index >= 15 is 0 Å². The number of H-pyrrole nitrogens is 1. The number of imidazole rings is 1. The molecule has 0 aromatic carbocycles. The van der Waals surface area contributed by atoms with E-state index in [2.05, 4.69) is 25.3 Å². The fourth-order valence-corrected chi connectivity index (χ4v) is 2.18. The lowest BCUT2D eigenvalue weighted by atomic mass is 10.2. The van der Waals surface area contributed by atoms with Crippen molar-refractivity contribution in [2.24, 2.45) is 0 Å². The molecule has 0 aliphatic heterocycles. The monoisotopic (exact) mass is 348 g/mol. The smallest absolute Gasteiger partial charge is 0.410 e. The average molecular weight is 348 g/mol. The van der Waals surface area contributed by atoms with E-state index in [0.717, 1.165) is 6.42 Å². The lowest BCUT2D eigenvalue weighted by molar-refractivity contribution is -0.116. The van der Waals surface area contributed by atoms with Crippen LogP contribution in [0.15, 0.2) is 12.7 Å². The number of aromatic nitrogens is 4. The van der Waals surface area contributed by atoms with Gasteiger partial charge in [0.05, 0.1) is 6.33 Å². The van der Waals surface area contributed by atoms with Crippen LogP contribution in [0.4, 0.5) is 10.6 Å². The van der Waals surface area contributed by atoms with Crippen LogP contribution in [0.1, 0.15) is 40.5 Å². The fraction of sp³-hybridized carbons (Fsp3) is 0.562. The zero-order valence-corrected chi connectivity index (χ0v) is 15.0. The minimum Gasteiger partial charge on any atom is -0.444 e. The topological polar surface area (TPSA) is 113 Å². The van der Waals surface area contributed by atoms with E-state index in [0.29, 0.717) is 23.5 Å². The molecule has 2 amide bonds. The third-order valence-electron chi connectivity index (χ3n) is 3.23. The molecule has 9 nitrogen and oxygen atoms in total. The summed E-state index contributed by atoms with van der Waals surface area (Å²) < 4.78 is 5.37. The van der Waals surface area contributed by atoms with Crippen LogP contribution < -0.4 is 5.32 Å². The predicted molar refractivity (Wildman–Crippen MR) is 93.0 cm³/mol. The second kappa shape index (κ2) is 7.91. The van der Waals surface area contributed by atoms with Crippen LogP contribution in [0, 0.1) is 0 Å². The Bertz CT molecular complexity index is 737. The number of carbonyl (C=O) groups is 2. The van der Waals surface area contributed by atoms with Crippen molar-refractivity contribution in [1.82, 2.24) is 24.8 Å². The molecule has 2 aromatic rings. The molecule has 25 heavy (non-hydrogen) atoms. The molecule has 9 heteroatoms. The van der Waals surface area contributed by atoms with Gasteiger partial charge in [-0.25, -0.2) is 19.7 Å². The minimum absolute atomic E-state index is 0.134. The number of ether oxygens (including phenoxy) is 1. The Morgan fingerprint density at radius 2 is 2.00 bits per heavy atom. The van der Waals surface area contributed by atoms with E-state index in [1.54, 1.807) is 0 Å². The molecule has 0 spiro atoms. The van der Waals surface area contributed by atoms with Crippen molar-refractivity contribution in [2.45, 2.75) is 46.1 Å². The number of hydrogen-bond donors (Lipinski definition) is 2. The number of amides is 2. The number of hydrogen-bond acceptors (Lipinski definition) is 6. The molecule has 0 fully saturated rings. The first-order valence-electron chi connectivity index (χ1n) is 8.22. The van der Waals surface area contributed by atoms with Crippen molar-refractivity contribution in [2.75, 3.05) is 18.4 Å². The molecule has 0 radical (unpaired) electrons. The van der Waals surface area contributed by atoms with Crippen LogP contribution >= 0.6 is 0 Å². The van der Waals surface area contributed by atoms with Gasteiger partial charge in [0.25, 0.3) is 0 Å². The summed E-state index contributed by atoms with van der Waals surface area (Å²) in [6, 6.07) is 0. The van der Waals surface area contributed by atoms with Crippen molar-refractivity contribution in [3.8, 4) is 0 Å². The average Bonchev–Trinajstić information content (AvgIpc) is 2.99. The van der Waals surface area contributed by atoms with Gasteiger partial charge in [-0.2, -0.15) is 0 Å². The maximum atomic E-state index is 12.2. The first-order chi connectivity index (χ1) is 11.8. The Kier molecular flexibility index (Phi) is 5.89. The van der Waals surface area contributed by atoms with E-state index < -0.39 is 11.7 Å². The van der Waals surface area contributed by atoms with Gasteiger partial charge in [-0.15, -0.1) is 0 Å². The van der Waals surface area contributed by atoms with Crippen molar-refractivity contribution in [3.05, 3.63) is 12.7 Å². The summed E-state index contributed by atoms with van der Waals surface area (Å²) in [6.45, 7) is 8.19. The van der Waals surface area contributed by atoms with Crippen molar-refractivity contribution >= 4 is 29.0 Å². The van der Waals surface area contributed by atoms with Gasteiger partial charge in [0, 0.05) is 19.5 Å². The molecule has 2 heterocycles. The summed E-state index contributed by atoms with van der Waals surface area (Å²) in [7, 11) is 0. The minimum atomic E-state index is -0.572. The summed E-state index contributed by atoms with van der Waals surface area (Å²) in [4.78, 5) is 40.9. The molecular formula is C16H24N6O3. The van der Waals surface area contributed by atoms with Crippen LogP contribution in [0.3, 0.4) is 0 Å².